The van der Waals surface area contributed by atoms with Crippen LogP contribution in [0.4, 0.5) is 5.69 Å². The number of benzene rings is 2. The van der Waals surface area contributed by atoms with Gasteiger partial charge in [-0.1, -0.05) is 6.07 Å². The van der Waals surface area contributed by atoms with Crippen LogP contribution in [0, 0.1) is 0 Å². The van der Waals surface area contributed by atoms with E-state index in [9.17, 15) is 4.79 Å². The van der Waals surface area contributed by atoms with Gasteiger partial charge in [0.05, 0.1) is 11.0 Å². The average molecular weight is 345 g/mol. The first-order valence-corrected chi connectivity index (χ1v) is 8.30. The third-order valence-electron chi connectivity index (χ3n) is 4.50. The molecule has 1 aliphatic heterocycles. The maximum absolute atomic E-state index is 12.4. The molecule has 4 aromatic rings. The standard InChI is InChI=1S/C20H15N3O3/c24-20-14(6-13-8-18-19(26-11-25-18)9-17(13)23-20)10-22-15-3-4-16-12(7-15)2-1-5-21-16/h1-9,22H,10-11H2,(H,23,24). The van der Waals surface area contributed by atoms with E-state index in [1.54, 1.807) is 12.3 Å². The Hall–Kier alpha value is -3.54. The Morgan fingerprint density at radius 1 is 1.04 bits per heavy atom. The number of fused-ring (bicyclic) bond motifs is 3. The molecule has 0 saturated heterocycles. The summed E-state index contributed by atoms with van der Waals surface area (Å²) in [6.07, 6.45) is 1.77. The van der Waals surface area contributed by atoms with Crippen LogP contribution in [0.25, 0.3) is 21.8 Å². The molecule has 128 valence electrons. The summed E-state index contributed by atoms with van der Waals surface area (Å²) in [6.45, 7) is 0.632. The molecular weight excluding hydrogens is 330 g/mol. The number of H-pyrrole nitrogens is 1. The minimum absolute atomic E-state index is 0.119. The van der Waals surface area contributed by atoms with Crippen LogP contribution in [0.3, 0.4) is 0 Å². The third kappa shape index (κ3) is 2.52. The number of anilines is 1. The van der Waals surface area contributed by atoms with Crippen molar-refractivity contribution in [2.75, 3.05) is 12.1 Å². The molecule has 2 aromatic heterocycles. The molecule has 0 spiro atoms. The highest BCUT2D eigenvalue weighted by Crippen LogP contribution is 2.35. The first-order valence-electron chi connectivity index (χ1n) is 8.30. The normalized spacial score (nSPS) is 12.6. The molecule has 6 nitrogen and oxygen atoms in total. The third-order valence-corrected chi connectivity index (χ3v) is 4.50. The van der Waals surface area contributed by atoms with Crippen LogP contribution in [0.2, 0.25) is 0 Å². The second-order valence-electron chi connectivity index (χ2n) is 6.18. The Balaban J connectivity index is 1.45. The van der Waals surface area contributed by atoms with Crippen LogP contribution in [0.5, 0.6) is 11.5 Å². The molecule has 2 N–H and O–H groups in total. The fourth-order valence-corrected chi connectivity index (χ4v) is 3.16. The van der Waals surface area contributed by atoms with E-state index in [1.165, 1.54) is 0 Å². The Kier molecular flexibility index (Phi) is 3.28. The van der Waals surface area contributed by atoms with Gasteiger partial charge in [0.25, 0.3) is 5.56 Å². The Morgan fingerprint density at radius 3 is 2.85 bits per heavy atom. The number of pyridine rings is 2. The van der Waals surface area contributed by atoms with Crippen LogP contribution in [0.15, 0.2) is 59.5 Å². The lowest BCUT2D eigenvalue weighted by atomic mass is 10.1. The zero-order chi connectivity index (χ0) is 17.5. The van der Waals surface area contributed by atoms with Gasteiger partial charge < -0.3 is 19.8 Å². The Morgan fingerprint density at radius 2 is 1.92 bits per heavy atom. The topological polar surface area (TPSA) is 76.2 Å². The molecule has 0 unspecified atom stereocenters. The summed E-state index contributed by atoms with van der Waals surface area (Å²) in [7, 11) is 0. The molecule has 0 bridgehead atoms. The van der Waals surface area contributed by atoms with Gasteiger partial charge in [0, 0.05) is 40.8 Å². The van der Waals surface area contributed by atoms with Crippen molar-refractivity contribution >= 4 is 27.5 Å². The fourth-order valence-electron chi connectivity index (χ4n) is 3.16. The minimum atomic E-state index is -0.119. The Bertz CT molecular complexity index is 1200. The lowest BCUT2D eigenvalue weighted by Crippen LogP contribution is -2.15. The highest BCUT2D eigenvalue weighted by Gasteiger charge is 2.15. The largest absolute Gasteiger partial charge is 0.454 e. The minimum Gasteiger partial charge on any atom is -0.454 e. The smallest absolute Gasteiger partial charge is 0.253 e. The van der Waals surface area contributed by atoms with Gasteiger partial charge in [0.2, 0.25) is 6.79 Å². The van der Waals surface area contributed by atoms with Crippen LogP contribution in [-0.2, 0) is 6.54 Å². The van der Waals surface area contributed by atoms with Gasteiger partial charge in [-0.05, 0) is 36.4 Å². The zero-order valence-corrected chi connectivity index (χ0v) is 13.8. The molecule has 3 heterocycles. The molecule has 1 aliphatic rings. The monoisotopic (exact) mass is 345 g/mol. The van der Waals surface area contributed by atoms with Gasteiger partial charge >= 0.3 is 0 Å². The van der Waals surface area contributed by atoms with Crippen molar-refractivity contribution < 1.29 is 9.47 Å². The number of ether oxygens (including phenoxy) is 2. The van der Waals surface area contributed by atoms with Crippen LogP contribution >= 0.6 is 0 Å². The first-order chi connectivity index (χ1) is 12.8. The molecule has 0 radical (unpaired) electrons. The molecule has 0 saturated carbocycles. The molecule has 0 atom stereocenters. The quantitative estimate of drug-likeness (QED) is 0.595. The summed E-state index contributed by atoms with van der Waals surface area (Å²) < 4.78 is 10.8. The van der Waals surface area contributed by atoms with Gasteiger partial charge in [-0.25, -0.2) is 0 Å². The number of aromatic nitrogens is 2. The molecule has 0 amide bonds. The van der Waals surface area contributed by atoms with Gasteiger partial charge in [-0.15, -0.1) is 0 Å². The highest BCUT2D eigenvalue weighted by molar-refractivity contribution is 5.84. The van der Waals surface area contributed by atoms with Crippen LogP contribution < -0.4 is 20.3 Å². The second-order valence-corrected chi connectivity index (χ2v) is 6.18. The van der Waals surface area contributed by atoms with E-state index in [4.69, 9.17) is 9.47 Å². The van der Waals surface area contributed by atoms with Gasteiger partial charge in [0.1, 0.15) is 0 Å². The van der Waals surface area contributed by atoms with Crippen molar-refractivity contribution in [2.45, 2.75) is 6.54 Å². The summed E-state index contributed by atoms with van der Waals surface area (Å²) in [5.74, 6) is 1.36. The van der Waals surface area contributed by atoms with E-state index < -0.39 is 0 Å². The van der Waals surface area contributed by atoms with Crippen LogP contribution in [-0.4, -0.2) is 16.8 Å². The first kappa shape index (κ1) is 14.8. The summed E-state index contributed by atoms with van der Waals surface area (Å²) in [4.78, 5) is 19.6. The van der Waals surface area contributed by atoms with Crippen molar-refractivity contribution in [3.05, 3.63) is 70.6 Å². The highest BCUT2D eigenvalue weighted by atomic mass is 16.7. The van der Waals surface area contributed by atoms with E-state index in [0.717, 1.165) is 27.5 Å². The van der Waals surface area contributed by atoms with Gasteiger partial charge in [-0.2, -0.15) is 0 Å². The molecule has 0 fully saturated rings. The number of hydrogen-bond acceptors (Lipinski definition) is 5. The molecule has 26 heavy (non-hydrogen) atoms. The SMILES string of the molecule is O=c1[nH]c2cc3c(cc2cc1CNc1ccc2ncccc2c1)OCO3. The lowest BCUT2D eigenvalue weighted by molar-refractivity contribution is 0.174. The van der Waals surface area contributed by atoms with Gasteiger partial charge in [0.15, 0.2) is 11.5 Å². The summed E-state index contributed by atoms with van der Waals surface area (Å²) >= 11 is 0. The van der Waals surface area contributed by atoms with Crippen molar-refractivity contribution in [1.82, 2.24) is 9.97 Å². The summed E-state index contributed by atoms with van der Waals surface area (Å²) in [5.41, 5.74) is 3.15. The van der Waals surface area contributed by atoms with E-state index in [-0.39, 0.29) is 12.4 Å². The fraction of sp³-hybridized carbons (Fsp3) is 0.100. The molecule has 2 aromatic carbocycles. The molecule has 5 rings (SSSR count). The number of hydrogen-bond donors (Lipinski definition) is 2. The number of rotatable bonds is 3. The van der Waals surface area contributed by atoms with Gasteiger partial charge in [-0.3, -0.25) is 9.78 Å². The maximum Gasteiger partial charge on any atom is 0.253 e. The van der Waals surface area contributed by atoms with Crippen LogP contribution in [0.1, 0.15) is 5.56 Å². The molecule has 6 heteroatoms. The maximum atomic E-state index is 12.4. The summed E-state index contributed by atoms with van der Waals surface area (Å²) in [5, 5.41) is 5.27. The predicted molar refractivity (Wildman–Crippen MR) is 99.8 cm³/mol. The lowest BCUT2D eigenvalue weighted by Gasteiger charge is -2.08. The molecule has 0 aliphatic carbocycles. The van der Waals surface area contributed by atoms with E-state index >= 15 is 0 Å². The average Bonchev–Trinajstić information content (AvgIpc) is 3.11. The van der Waals surface area contributed by atoms with Crippen molar-refractivity contribution in [2.24, 2.45) is 0 Å². The van der Waals surface area contributed by atoms with Crippen molar-refractivity contribution in [3.63, 3.8) is 0 Å². The van der Waals surface area contributed by atoms with Crippen molar-refractivity contribution in [3.8, 4) is 11.5 Å². The summed E-state index contributed by atoms with van der Waals surface area (Å²) in [6, 6.07) is 15.4. The number of nitrogens with zero attached hydrogens (tertiary/aromatic N) is 1. The molecular formula is C20H15N3O3. The second kappa shape index (κ2) is 5.77. The van der Waals surface area contributed by atoms with E-state index in [0.29, 0.717) is 23.6 Å². The number of aromatic amines is 1. The zero-order valence-electron chi connectivity index (χ0n) is 13.8. The van der Waals surface area contributed by atoms with E-state index in [2.05, 4.69) is 15.3 Å². The predicted octanol–water partition coefficient (Wildman–Crippen LogP) is 3.42. The number of nitrogens with one attached hydrogen (secondary N) is 2. The Labute approximate surface area is 148 Å². The van der Waals surface area contributed by atoms with E-state index in [1.807, 2.05) is 42.5 Å². The van der Waals surface area contributed by atoms with Crippen molar-refractivity contribution in [1.29, 1.82) is 0 Å².